The van der Waals surface area contributed by atoms with Crippen LogP contribution >= 0.6 is 15.9 Å². The normalized spacial score (nSPS) is 14.5. The first-order valence-corrected chi connectivity index (χ1v) is 9.34. The van der Waals surface area contributed by atoms with Crippen LogP contribution in [0.4, 0.5) is 0 Å². The van der Waals surface area contributed by atoms with Crippen molar-refractivity contribution < 1.29 is 14.3 Å². The molecule has 25 heavy (non-hydrogen) atoms. The number of carbonyl (C=O) groups is 1. The Hall–Kier alpha value is -2.01. The molecule has 1 unspecified atom stereocenters. The third-order valence-electron chi connectivity index (χ3n) is 4.18. The van der Waals surface area contributed by atoms with Gasteiger partial charge in [0.1, 0.15) is 0 Å². The van der Waals surface area contributed by atoms with Gasteiger partial charge in [-0.25, -0.2) is 0 Å². The molecule has 0 saturated heterocycles. The molecule has 0 aliphatic carbocycles. The van der Waals surface area contributed by atoms with Crippen LogP contribution in [-0.4, -0.2) is 19.1 Å². The van der Waals surface area contributed by atoms with Gasteiger partial charge in [0.15, 0.2) is 11.5 Å². The van der Waals surface area contributed by atoms with Crippen LogP contribution in [0.15, 0.2) is 46.9 Å². The first-order chi connectivity index (χ1) is 12.1. The lowest BCUT2D eigenvalue weighted by Gasteiger charge is -2.15. The van der Waals surface area contributed by atoms with Crippen molar-refractivity contribution in [1.29, 1.82) is 0 Å². The zero-order chi connectivity index (χ0) is 17.6. The van der Waals surface area contributed by atoms with Crippen LogP contribution in [0.1, 0.15) is 36.9 Å². The summed E-state index contributed by atoms with van der Waals surface area (Å²) in [6.45, 7) is 3.34. The van der Waals surface area contributed by atoms with Gasteiger partial charge in [0, 0.05) is 17.3 Å². The second-order valence-electron chi connectivity index (χ2n) is 6.18. The number of amides is 1. The molecular weight excluding hydrogens is 382 g/mol. The van der Waals surface area contributed by atoms with Crippen LogP contribution in [0, 0.1) is 0 Å². The van der Waals surface area contributed by atoms with E-state index in [1.54, 1.807) is 0 Å². The van der Waals surface area contributed by atoms with Gasteiger partial charge in [-0.1, -0.05) is 34.1 Å². The number of benzene rings is 2. The molecule has 0 radical (unpaired) electrons. The maximum absolute atomic E-state index is 12.3. The molecule has 0 bridgehead atoms. The van der Waals surface area contributed by atoms with Crippen LogP contribution in [0.3, 0.4) is 0 Å². The van der Waals surface area contributed by atoms with Crippen molar-refractivity contribution >= 4 is 21.8 Å². The minimum absolute atomic E-state index is 0.0196. The van der Waals surface area contributed by atoms with Crippen LogP contribution in [-0.2, 0) is 11.2 Å². The van der Waals surface area contributed by atoms with Crippen LogP contribution in [0.2, 0.25) is 0 Å². The predicted molar refractivity (Wildman–Crippen MR) is 101 cm³/mol. The highest BCUT2D eigenvalue weighted by Crippen LogP contribution is 2.30. The summed E-state index contributed by atoms with van der Waals surface area (Å²) in [5.41, 5.74) is 2.16. The van der Waals surface area contributed by atoms with Crippen molar-refractivity contribution in [3.8, 4) is 11.5 Å². The molecule has 1 aliphatic heterocycles. The third kappa shape index (κ3) is 4.98. The fourth-order valence-electron chi connectivity index (χ4n) is 2.79. The van der Waals surface area contributed by atoms with E-state index in [-0.39, 0.29) is 11.9 Å². The van der Waals surface area contributed by atoms with E-state index in [2.05, 4.69) is 21.2 Å². The molecule has 1 atom stereocenters. The largest absolute Gasteiger partial charge is 0.490 e. The summed E-state index contributed by atoms with van der Waals surface area (Å²) in [6.07, 6.45) is 2.01. The summed E-state index contributed by atoms with van der Waals surface area (Å²) in [5, 5.41) is 3.05. The minimum Gasteiger partial charge on any atom is -0.490 e. The Morgan fingerprint density at radius 1 is 1.16 bits per heavy atom. The van der Waals surface area contributed by atoms with Crippen molar-refractivity contribution in [3.63, 3.8) is 0 Å². The molecule has 2 aromatic carbocycles. The van der Waals surface area contributed by atoms with Crippen molar-refractivity contribution in [3.05, 3.63) is 58.1 Å². The molecule has 0 aromatic heterocycles. The van der Waals surface area contributed by atoms with Crippen molar-refractivity contribution in [2.75, 3.05) is 13.2 Å². The molecule has 4 nitrogen and oxygen atoms in total. The minimum atomic E-state index is -0.0196. The zero-order valence-corrected chi connectivity index (χ0v) is 15.8. The Morgan fingerprint density at radius 3 is 2.76 bits per heavy atom. The number of rotatable bonds is 5. The first-order valence-electron chi connectivity index (χ1n) is 8.55. The van der Waals surface area contributed by atoms with Gasteiger partial charge in [-0.05, 0) is 48.7 Å². The van der Waals surface area contributed by atoms with Gasteiger partial charge in [-0.3, -0.25) is 4.79 Å². The number of ether oxygens (including phenoxy) is 2. The maximum Gasteiger partial charge on any atom is 0.220 e. The Morgan fingerprint density at radius 2 is 1.96 bits per heavy atom. The molecule has 2 aromatic rings. The molecule has 1 heterocycles. The number of hydrogen-bond acceptors (Lipinski definition) is 3. The van der Waals surface area contributed by atoms with E-state index < -0.39 is 0 Å². The molecule has 0 fully saturated rings. The summed E-state index contributed by atoms with van der Waals surface area (Å²) >= 11 is 3.46. The Balaban J connectivity index is 1.54. The van der Waals surface area contributed by atoms with Gasteiger partial charge in [-0.15, -0.1) is 0 Å². The molecule has 132 valence electrons. The smallest absolute Gasteiger partial charge is 0.220 e. The number of fused-ring (bicyclic) bond motifs is 1. The summed E-state index contributed by atoms with van der Waals surface area (Å²) in [6, 6.07) is 13.9. The van der Waals surface area contributed by atoms with Crippen molar-refractivity contribution in [2.24, 2.45) is 0 Å². The number of halogens is 1. The SMILES string of the molecule is CC(NC(=O)CCc1ccc2c(c1)OCCCO2)c1cccc(Br)c1. The van der Waals surface area contributed by atoms with Gasteiger partial charge in [0.25, 0.3) is 0 Å². The second kappa shape index (κ2) is 8.39. The molecule has 3 rings (SSSR count). The summed E-state index contributed by atoms with van der Waals surface area (Å²) in [4.78, 5) is 12.3. The molecule has 1 aliphatic rings. The highest BCUT2D eigenvalue weighted by Gasteiger charge is 2.13. The number of hydrogen-bond donors (Lipinski definition) is 1. The van der Waals surface area contributed by atoms with Crippen LogP contribution in [0.5, 0.6) is 11.5 Å². The quantitative estimate of drug-likeness (QED) is 0.803. The lowest BCUT2D eigenvalue weighted by Crippen LogP contribution is -2.26. The second-order valence-corrected chi connectivity index (χ2v) is 7.09. The monoisotopic (exact) mass is 403 g/mol. The molecule has 5 heteroatoms. The fraction of sp³-hybridized carbons (Fsp3) is 0.350. The lowest BCUT2D eigenvalue weighted by molar-refractivity contribution is -0.121. The van der Waals surface area contributed by atoms with Gasteiger partial charge in [0.05, 0.1) is 19.3 Å². The van der Waals surface area contributed by atoms with Gasteiger partial charge in [-0.2, -0.15) is 0 Å². The standard InChI is InChI=1S/C20H22BrNO3/c1-14(16-4-2-5-17(21)13-16)22-20(23)9-7-15-6-8-18-19(12-15)25-11-3-10-24-18/h2,4-6,8,12-14H,3,7,9-11H2,1H3,(H,22,23). The molecule has 1 N–H and O–H groups in total. The third-order valence-corrected chi connectivity index (χ3v) is 4.67. The number of carbonyl (C=O) groups excluding carboxylic acids is 1. The topological polar surface area (TPSA) is 47.6 Å². The average Bonchev–Trinajstić information content (AvgIpc) is 2.84. The van der Waals surface area contributed by atoms with Gasteiger partial charge < -0.3 is 14.8 Å². The molecule has 0 saturated carbocycles. The number of nitrogens with one attached hydrogen (secondary N) is 1. The van der Waals surface area contributed by atoms with E-state index in [1.807, 2.05) is 49.4 Å². The van der Waals surface area contributed by atoms with Gasteiger partial charge >= 0.3 is 0 Å². The first kappa shape index (κ1) is 17.8. The summed E-state index contributed by atoms with van der Waals surface area (Å²) in [5.74, 6) is 1.60. The Bertz CT molecular complexity index is 747. The van der Waals surface area contributed by atoms with E-state index >= 15 is 0 Å². The predicted octanol–water partition coefficient (Wildman–Crippen LogP) is 4.42. The van der Waals surface area contributed by atoms with Crippen LogP contribution in [0.25, 0.3) is 0 Å². The Labute approximate surface area is 156 Å². The van der Waals surface area contributed by atoms with E-state index in [4.69, 9.17) is 9.47 Å². The van der Waals surface area contributed by atoms with E-state index in [9.17, 15) is 4.79 Å². The maximum atomic E-state index is 12.3. The average molecular weight is 404 g/mol. The van der Waals surface area contributed by atoms with Gasteiger partial charge in [0.2, 0.25) is 5.91 Å². The molecular formula is C20H22BrNO3. The highest BCUT2D eigenvalue weighted by atomic mass is 79.9. The lowest BCUT2D eigenvalue weighted by atomic mass is 10.1. The molecule has 1 amide bonds. The fourth-order valence-corrected chi connectivity index (χ4v) is 3.21. The number of aryl methyl sites for hydroxylation is 1. The summed E-state index contributed by atoms with van der Waals surface area (Å²) in [7, 11) is 0. The van der Waals surface area contributed by atoms with Crippen LogP contribution < -0.4 is 14.8 Å². The highest BCUT2D eigenvalue weighted by molar-refractivity contribution is 9.10. The summed E-state index contributed by atoms with van der Waals surface area (Å²) < 4.78 is 12.3. The van der Waals surface area contributed by atoms with E-state index in [0.717, 1.165) is 33.5 Å². The van der Waals surface area contributed by atoms with E-state index in [0.29, 0.717) is 26.1 Å². The zero-order valence-electron chi connectivity index (χ0n) is 14.3. The van der Waals surface area contributed by atoms with Crippen molar-refractivity contribution in [2.45, 2.75) is 32.2 Å². The van der Waals surface area contributed by atoms with E-state index in [1.165, 1.54) is 0 Å². The Kier molecular flexibility index (Phi) is 5.97. The van der Waals surface area contributed by atoms with Crippen molar-refractivity contribution in [1.82, 2.24) is 5.32 Å². The molecule has 0 spiro atoms.